The lowest BCUT2D eigenvalue weighted by molar-refractivity contribution is 0.0707. The first-order valence-corrected chi connectivity index (χ1v) is 7.92. The van der Waals surface area contributed by atoms with Gasteiger partial charge in [0, 0.05) is 23.9 Å². The van der Waals surface area contributed by atoms with Crippen LogP contribution in [0.5, 0.6) is 0 Å². The Bertz CT molecular complexity index is 793. The molecule has 0 radical (unpaired) electrons. The van der Waals surface area contributed by atoms with Gasteiger partial charge in [-0.25, -0.2) is 4.79 Å². The first-order valence-electron chi connectivity index (χ1n) is 7.92. The van der Waals surface area contributed by atoms with E-state index in [1.54, 1.807) is 4.90 Å². The minimum Gasteiger partial charge on any atom is -0.448 e. The molecular formula is C18H16N4O2. The summed E-state index contributed by atoms with van der Waals surface area (Å²) in [6.07, 6.45) is -0.346. The summed E-state index contributed by atoms with van der Waals surface area (Å²) in [6, 6.07) is 16.4. The van der Waals surface area contributed by atoms with E-state index in [0.717, 1.165) is 0 Å². The Hall–Kier alpha value is -2.98. The molecule has 0 N–H and O–H groups in total. The predicted molar refractivity (Wildman–Crippen MR) is 89.6 cm³/mol. The molecule has 0 atom stereocenters. The molecule has 6 heteroatoms. The highest BCUT2D eigenvalue weighted by Crippen LogP contribution is 2.44. The van der Waals surface area contributed by atoms with Crippen molar-refractivity contribution in [1.82, 2.24) is 4.90 Å². The van der Waals surface area contributed by atoms with Crippen molar-refractivity contribution in [2.24, 2.45) is 5.11 Å². The highest BCUT2D eigenvalue weighted by Gasteiger charge is 2.33. The molecule has 6 nitrogen and oxygen atoms in total. The SMILES string of the molecule is [N-]=[N+]=NC1CN(C(=O)OCC2c3ccccc3-c3ccccc32)C1. The van der Waals surface area contributed by atoms with E-state index in [1.807, 2.05) is 24.3 Å². The van der Waals surface area contributed by atoms with Crippen LogP contribution in [0.25, 0.3) is 21.6 Å². The summed E-state index contributed by atoms with van der Waals surface area (Å²) in [6.45, 7) is 1.18. The molecule has 0 spiro atoms. The number of nitrogens with zero attached hydrogens (tertiary/aromatic N) is 4. The van der Waals surface area contributed by atoms with E-state index < -0.39 is 0 Å². The number of azide groups is 1. The molecule has 1 aliphatic heterocycles. The monoisotopic (exact) mass is 320 g/mol. The Kier molecular flexibility index (Phi) is 3.59. The molecule has 2 aromatic carbocycles. The van der Waals surface area contributed by atoms with Crippen molar-refractivity contribution in [2.45, 2.75) is 12.0 Å². The smallest absolute Gasteiger partial charge is 0.409 e. The number of carbonyl (C=O) groups is 1. The van der Waals surface area contributed by atoms with Gasteiger partial charge in [0.05, 0.1) is 6.04 Å². The first-order chi connectivity index (χ1) is 11.8. The number of likely N-dealkylation sites (tertiary alicyclic amines) is 1. The molecule has 0 aromatic heterocycles. The van der Waals surface area contributed by atoms with Crippen LogP contribution >= 0.6 is 0 Å². The molecular weight excluding hydrogens is 304 g/mol. The van der Waals surface area contributed by atoms with Gasteiger partial charge in [0.2, 0.25) is 0 Å². The van der Waals surface area contributed by atoms with Gasteiger partial charge in [0.1, 0.15) is 6.61 Å². The van der Waals surface area contributed by atoms with E-state index in [1.165, 1.54) is 22.3 Å². The molecule has 1 aliphatic carbocycles. The standard InChI is InChI=1S/C18H16N4O2/c19-21-20-12-9-22(10-12)18(23)24-11-17-15-7-3-1-5-13(15)14-6-2-4-8-16(14)17/h1-8,12,17H,9-11H2. The van der Waals surface area contributed by atoms with Crippen LogP contribution in [0.3, 0.4) is 0 Å². The van der Waals surface area contributed by atoms with Crippen molar-refractivity contribution in [2.75, 3.05) is 19.7 Å². The summed E-state index contributed by atoms with van der Waals surface area (Å²) in [4.78, 5) is 16.4. The molecule has 0 saturated carbocycles. The van der Waals surface area contributed by atoms with Crippen LogP contribution in [0.1, 0.15) is 17.0 Å². The fourth-order valence-corrected chi connectivity index (χ4v) is 3.44. The summed E-state index contributed by atoms with van der Waals surface area (Å²) in [7, 11) is 0. The quantitative estimate of drug-likeness (QED) is 0.488. The van der Waals surface area contributed by atoms with Gasteiger partial charge in [-0.3, -0.25) is 0 Å². The van der Waals surface area contributed by atoms with Gasteiger partial charge in [-0.1, -0.05) is 53.6 Å². The van der Waals surface area contributed by atoms with Crippen molar-refractivity contribution < 1.29 is 9.53 Å². The second-order valence-electron chi connectivity index (χ2n) is 6.07. The Balaban J connectivity index is 1.47. The van der Waals surface area contributed by atoms with Gasteiger partial charge in [-0.15, -0.1) is 0 Å². The van der Waals surface area contributed by atoms with E-state index in [4.69, 9.17) is 10.3 Å². The highest BCUT2D eigenvalue weighted by atomic mass is 16.6. The van der Waals surface area contributed by atoms with Crippen LogP contribution in [-0.2, 0) is 4.74 Å². The molecule has 120 valence electrons. The van der Waals surface area contributed by atoms with Crippen LogP contribution < -0.4 is 0 Å². The second-order valence-corrected chi connectivity index (χ2v) is 6.07. The Morgan fingerprint density at radius 1 is 1.12 bits per heavy atom. The number of hydrogen-bond donors (Lipinski definition) is 0. The van der Waals surface area contributed by atoms with E-state index >= 15 is 0 Å². The molecule has 2 aromatic rings. The Labute approximate surface area is 139 Å². The highest BCUT2D eigenvalue weighted by molar-refractivity contribution is 5.79. The fraction of sp³-hybridized carbons (Fsp3) is 0.278. The third kappa shape index (κ3) is 2.37. The van der Waals surface area contributed by atoms with E-state index in [0.29, 0.717) is 19.7 Å². The molecule has 4 rings (SSSR count). The predicted octanol–water partition coefficient (Wildman–Crippen LogP) is 3.93. The average molecular weight is 320 g/mol. The number of hydrogen-bond acceptors (Lipinski definition) is 3. The number of ether oxygens (including phenoxy) is 1. The first kappa shape index (κ1) is 14.6. The fourth-order valence-electron chi connectivity index (χ4n) is 3.44. The zero-order valence-electron chi connectivity index (χ0n) is 13.0. The minimum absolute atomic E-state index is 0.0653. The maximum Gasteiger partial charge on any atom is 0.409 e. The molecule has 24 heavy (non-hydrogen) atoms. The van der Waals surface area contributed by atoms with Crippen LogP contribution in [-0.4, -0.2) is 36.7 Å². The zero-order valence-corrected chi connectivity index (χ0v) is 13.0. The second kappa shape index (κ2) is 5.91. The number of carbonyl (C=O) groups excluding carboxylic acids is 1. The molecule has 1 amide bonds. The molecule has 0 bridgehead atoms. The summed E-state index contributed by atoms with van der Waals surface area (Å²) < 4.78 is 5.52. The van der Waals surface area contributed by atoms with Crippen molar-refractivity contribution in [3.05, 3.63) is 70.1 Å². The maximum atomic E-state index is 12.1. The number of rotatable bonds is 3. The van der Waals surface area contributed by atoms with Gasteiger partial charge in [0.25, 0.3) is 0 Å². The lowest BCUT2D eigenvalue weighted by Gasteiger charge is -2.35. The van der Waals surface area contributed by atoms with Crippen LogP contribution in [0, 0.1) is 0 Å². The third-order valence-corrected chi connectivity index (χ3v) is 4.67. The molecule has 2 aliphatic rings. The van der Waals surface area contributed by atoms with E-state index in [9.17, 15) is 4.79 Å². The summed E-state index contributed by atoms with van der Waals surface area (Å²) in [5, 5.41) is 3.59. The van der Waals surface area contributed by atoms with Gasteiger partial charge >= 0.3 is 6.09 Å². The molecule has 1 saturated heterocycles. The van der Waals surface area contributed by atoms with Crippen molar-refractivity contribution in [1.29, 1.82) is 0 Å². The molecule has 1 fully saturated rings. The number of benzene rings is 2. The number of fused-ring (bicyclic) bond motifs is 3. The summed E-state index contributed by atoms with van der Waals surface area (Å²) in [5.41, 5.74) is 13.2. The Morgan fingerprint density at radius 3 is 2.29 bits per heavy atom. The molecule has 0 unspecified atom stereocenters. The van der Waals surface area contributed by atoms with Crippen molar-refractivity contribution in [3.63, 3.8) is 0 Å². The van der Waals surface area contributed by atoms with E-state index in [-0.39, 0.29) is 18.1 Å². The van der Waals surface area contributed by atoms with Crippen LogP contribution in [0.15, 0.2) is 53.6 Å². The number of amides is 1. The minimum atomic E-state index is -0.346. The van der Waals surface area contributed by atoms with Gasteiger partial charge in [0.15, 0.2) is 0 Å². The van der Waals surface area contributed by atoms with Gasteiger partial charge < -0.3 is 9.64 Å². The van der Waals surface area contributed by atoms with Gasteiger partial charge in [-0.2, -0.15) is 0 Å². The van der Waals surface area contributed by atoms with Crippen molar-refractivity contribution >= 4 is 6.09 Å². The third-order valence-electron chi connectivity index (χ3n) is 4.67. The zero-order chi connectivity index (χ0) is 16.5. The largest absolute Gasteiger partial charge is 0.448 e. The lowest BCUT2D eigenvalue weighted by Crippen LogP contribution is -2.52. The summed E-state index contributed by atoms with van der Waals surface area (Å²) >= 11 is 0. The van der Waals surface area contributed by atoms with E-state index in [2.05, 4.69) is 34.3 Å². The summed E-state index contributed by atoms with van der Waals surface area (Å²) in [5.74, 6) is 0.0653. The Morgan fingerprint density at radius 2 is 1.71 bits per heavy atom. The topological polar surface area (TPSA) is 78.3 Å². The van der Waals surface area contributed by atoms with Crippen LogP contribution in [0.2, 0.25) is 0 Å². The van der Waals surface area contributed by atoms with Crippen molar-refractivity contribution in [3.8, 4) is 11.1 Å². The maximum absolute atomic E-state index is 12.1. The normalized spacial score (nSPS) is 15.9. The van der Waals surface area contributed by atoms with Gasteiger partial charge in [-0.05, 0) is 27.8 Å². The van der Waals surface area contributed by atoms with Crippen LogP contribution in [0.4, 0.5) is 4.79 Å². The molecule has 1 heterocycles. The lowest BCUT2D eigenvalue weighted by atomic mass is 9.98. The average Bonchev–Trinajstić information content (AvgIpc) is 2.90.